The summed E-state index contributed by atoms with van der Waals surface area (Å²) >= 11 is 0. The van der Waals surface area contributed by atoms with E-state index in [1.165, 1.54) is 0 Å². The van der Waals surface area contributed by atoms with Crippen LogP contribution in [-0.2, 0) is 11.2 Å². The van der Waals surface area contributed by atoms with Crippen LogP contribution in [0.4, 0.5) is 13.2 Å². The Kier molecular flexibility index (Phi) is 2.74. The smallest absolute Gasteiger partial charge is 0.299 e. The summed E-state index contributed by atoms with van der Waals surface area (Å²) in [5, 5.41) is 0. The summed E-state index contributed by atoms with van der Waals surface area (Å²) in [6.07, 6.45) is -4.94. The van der Waals surface area contributed by atoms with Crippen LogP contribution in [0.2, 0.25) is 0 Å². The Morgan fingerprint density at radius 1 is 1.31 bits per heavy atom. The number of halogens is 3. The van der Waals surface area contributed by atoms with Crippen molar-refractivity contribution in [3.8, 4) is 0 Å². The average Bonchev–Trinajstić information content (AvgIpc) is 2.11. The van der Waals surface area contributed by atoms with E-state index < -0.39 is 18.4 Å². The third-order valence-electron chi connectivity index (χ3n) is 2.83. The van der Waals surface area contributed by atoms with Gasteiger partial charge in [0.05, 0.1) is 0 Å². The first kappa shape index (κ1) is 11.2. The molecular weight excluding hydrogens is 217 g/mol. The van der Waals surface area contributed by atoms with Crippen LogP contribution in [0.1, 0.15) is 29.9 Å². The zero-order valence-corrected chi connectivity index (χ0v) is 8.55. The molecule has 1 atom stereocenters. The lowest BCUT2D eigenvalue weighted by Gasteiger charge is -2.29. The first-order valence-corrected chi connectivity index (χ1v) is 5.12. The highest BCUT2D eigenvalue weighted by Gasteiger charge is 2.34. The van der Waals surface area contributed by atoms with E-state index in [-0.39, 0.29) is 12.3 Å². The molecule has 1 aromatic carbocycles. The first-order valence-electron chi connectivity index (χ1n) is 5.12. The lowest BCUT2D eigenvalue weighted by atomic mass is 9.75. The van der Waals surface area contributed by atoms with Gasteiger partial charge in [0, 0.05) is 6.42 Å². The fraction of sp³-hybridized carbons (Fsp3) is 0.417. The van der Waals surface area contributed by atoms with Crippen LogP contribution in [0.3, 0.4) is 0 Å². The van der Waals surface area contributed by atoms with Crippen molar-refractivity contribution < 1.29 is 18.0 Å². The van der Waals surface area contributed by atoms with E-state index in [9.17, 15) is 18.0 Å². The van der Waals surface area contributed by atoms with Crippen LogP contribution in [0.25, 0.3) is 0 Å². The first-order chi connectivity index (χ1) is 7.46. The predicted octanol–water partition coefficient (Wildman–Crippen LogP) is 3.24. The second-order valence-electron chi connectivity index (χ2n) is 4.13. The van der Waals surface area contributed by atoms with Crippen LogP contribution in [-0.4, -0.2) is 12.0 Å². The minimum Gasteiger partial charge on any atom is -0.299 e. The van der Waals surface area contributed by atoms with Gasteiger partial charge in [-0.05, 0) is 23.5 Å². The summed E-state index contributed by atoms with van der Waals surface area (Å²) in [5.74, 6) is -0.724. The van der Waals surface area contributed by atoms with Gasteiger partial charge < -0.3 is 0 Å². The molecule has 0 aromatic heterocycles. The molecule has 0 aliphatic heterocycles. The molecule has 0 radical (unpaired) electrons. The SMILES string of the molecule is O=C(CC1Cc2ccccc21)CC(F)(F)F. The van der Waals surface area contributed by atoms with Gasteiger partial charge in [-0.15, -0.1) is 0 Å². The number of carbonyl (C=O) groups is 1. The summed E-state index contributed by atoms with van der Waals surface area (Å²) in [6.45, 7) is 0. The molecule has 0 saturated carbocycles. The number of Topliss-reactive ketones (excluding diaryl/α,β-unsaturated/α-hetero) is 1. The Balaban J connectivity index is 1.92. The Morgan fingerprint density at radius 2 is 2.00 bits per heavy atom. The summed E-state index contributed by atoms with van der Waals surface area (Å²) in [7, 11) is 0. The zero-order chi connectivity index (χ0) is 11.8. The number of rotatable bonds is 3. The van der Waals surface area contributed by atoms with E-state index >= 15 is 0 Å². The van der Waals surface area contributed by atoms with E-state index in [2.05, 4.69) is 0 Å². The lowest BCUT2D eigenvalue weighted by molar-refractivity contribution is -0.152. The number of hydrogen-bond donors (Lipinski definition) is 0. The number of alkyl halides is 3. The van der Waals surface area contributed by atoms with Gasteiger partial charge in [0.2, 0.25) is 0 Å². The second kappa shape index (κ2) is 3.92. The maximum Gasteiger partial charge on any atom is 0.395 e. The number of ketones is 1. The molecule has 1 aliphatic rings. The van der Waals surface area contributed by atoms with Gasteiger partial charge in [-0.1, -0.05) is 24.3 Å². The highest BCUT2D eigenvalue weighted by molar-refractivity contribution is 5.80. The maximum absolute atomic E-state index is 12.0. The molecule has 0 heterocycles. The molecule has 0 amide bonds. The van der Waals surface area contributed by atoms with Crippen molar-refractivity contribution in [1.29, 1.82) is 0 Å². The van der Waals surface area contributed by atoms with Crippen LogP contribution in [0, 0.1) is 0 Å². The molecule has 0 N–H and O–H groups in total. The molecule has 4 heteroatoms. The van der Waals surface area contributed by atoms with Gasteiger partial charge in [-0.2, -0.15) is 13.2 Å². The zero-order valence-electron chi connectivity index (χ0n) is 8.55. The molecule has 1 unspecified atom stereocenters. The van der Waals surface area contributed by atoms with Crippen molar-refractivity contribution in [1.82, 2.24) is 0 Å². The number of carbonyl (C=O) groups excluding carboxylic acids is 1. The van der Waals surface area contributed by atoms with Crippen LogP contribution in [0.15, 0.2) is 24.3 Å². The largest absolute Gasteiger partial charge is 0.395 e. The van der Waals surface area contributed by atoms with E-state index in [0.717, 1.165) is 17.5 Å². The molecule has 1 aromatic rings. The molecule has 1 aliphatic carbocycles. The standard InChI is InChI=1S/C12H11F3O/c13-12(14,15)7-10(16)6-9-5-8-3-1-2-4-11(8)9/h1-4,9H,5-7H2. The van der Waals surface area contributed by atoms with Gasteiger partial charge in [0.15, 0.2) is 0 Å². The van der Waals surface area contributed by atoms with Gasteiger partial charge >= 0.3 is 6.18 Å². The van der Waals surface area contributed by atoms with Crippen molar-refractivity contribution in [3.05, 3.63) is 35.4 Å². The highest BCUT2D eigenvalue weighted by Crippen LogP contribution is 2.38. The number of benzene rings is 1. The minimum absolute atomic E-state index is 0.00829. The monoisotopic (exact) mass is 228 g/mol. The second-order valence-corrected chi connectivity index (χ2v) is 4.13. The number of fused-ring (bicyclic) bond motifs is 1. The topological polar surface area (TPSA) is 17.1 Å². The summed E-state index contributed by atoms with van der Waals surface area (Å²) in [6, 6.07) is 7.57. The summed E-state index contributed by atoms with van der Waals surface area (Å²) < 4.78 is 35.9. The Morgan fingerprint density at radius 3 is 2.62 bits per heavy atom. The van der Waals surface area contributed by atoms with E-state index in [1.807, 2.05) is 24.3 Å². The molecule has 0 spiro atoms. The van der Waals surface area contributed by atoms with Gasteiger partial charge in [-0.3, -0.25) is 4.79 Å². The normalized spacial score (nSPS) is 18.8. The van der Waals surface area contributed by atoms with E-state index in [1.54, 1.807) is 0 Å². The van der Waals surface area contributed by atoms with Crippen LogP contribution < -0.4 is 0 Å². The molecule has 1 nitrogen and oxygen atoms in total. The third-order valence-corrected chi connectivity index (χ3v) is 2.83. The predicted molar refractivity (Wildman–Crippen MR) is 53.2 cm³/mol. The molecule has 86 valence electrons. The highest BCUT2D eigenvalue weighted by atomic mass is 19.4. The van der Waals surface area contributed by atoms with Crippen LogP contribution >= 0.6 is 0 Å². The molecule has 0 bridgehead atoms. The van der Waals surface area contributed by atoms with Crippen molar-refractivity contribution in [2.45, 2.75) is 31.4 Å². The Labute approximate surface area is 91.3 Å². The van der Waals surface area contributed by atoms with Gasteiger partial charge in [-0.25, -0.2) is 0 Å². The average molecular weight is 228 g/mol. The fourth-order valence-electron chi connectivity index (χ4n) is 2.12. The van der Waals surface area contributed by atoms with Crippen molar-refractivity contribution in [2.24, 2.45) is 0 Å². The summed E-state index contributed by atoms with van der Waals surface area (Å²) in [5.41, 5.74) is 2.17. The van der Waals surface area contributed by atoms with Gasteiger partial charge in [0.1, 0.15) is 12.2 Å². The maximum atomic E-state index is 12.0. The molecule has 0 fully saturated rings. The number of hydrogen-bond acceptors (Lipinski definition) is 1. The molecular formula is C12H11F3O. The quantitative estimate of drug-likeness (QED) is 0.776. The van der Waals surface area contributed by atoms with Crippen molar-refractivity contribution in [2.75, 3.05) is 0 Å². The van der Waals surface area contributed by atoms with Crippen LogP contribution in [0.5, 0.6) is 0 Å². The Hall–Kier alpha value is -1.32. The summed E-state index contributed by atoms with van der Waals surface area (Å²) in [4.78, 5) is 11.2. The molecule has 2 rings (SSSR count). The molecule has 0 saturated heterocycles. The lowest BCUT2D eigenvalue weighted by Crippen LogP contribution is -2.23. The van der Waals surface area contributed by atoms with Crippen molar-refractivity contribution in [3.63, 3.8) is 0 Å². The Bertz CT molecular complexity index is 409. The fourth-order valence-corrected chi connectivity index (χ4v) is 2.12. The molecule has 16 heavy (non-hydrogen) atoms. The van der Waals surface area contributed by atoms with Gasteiger partial charge in [0.25, 0.3) is 0 Å². The van der Waals surface area contributed by atoms with E-state index in [0.29, 0.717) is 0 Å². The third kappa shape index (κ3) is 2.43. The van der Waals surface area contributed by atoms with Crippen molar-refractivity contribution >= 4 is 5.78 Å². The van der Waals surface area contributed by atoms with E-state index in [4.69, 9.17) is 0 Å². The minimum atomic E-state index is -4.37.